The zero-order valence-corrected chi connectivity index (χ0v) is 20.9. The van der Waals surface area contributed by atoms with Gasteiger partial charge in [0, 0.05) is 20.2 Å². The molecule has 1 aromatic heterocycles. The highest BCUT2D eigenvalue weighted by Gasteiger charge is 2.11. The predicted octanol–water partition coefficient (Wildman–Crippen LogP) is 8.23. The molecule has 0 bridgehead atoms. The summed E-state index contributed by atoms with van der Waals surface area (Å²) >= 11 is 1.64. The minimum Gasteiger partial charge on any atom is -0.457 e. The molecule has 0 spiro atoms. The van der Waals surface area contributed by atoms with Crippen LogP contribution in [0.2, 0.25) is 0 Å². The van der Waals surface area contributed by atoms with Crippen molar-refractivity contribution in [3.8, 4) is 11.5 Å². The third-order valence-corrected chi connectivity index (χ3v) is 7.73. The standard InChI is InChI=1S/C31H28O2S/c1-19-9-10-20(2)23(15-19)11-12-24-16-22(4)28(17-21(24)3)33-25-13-14-30-27(18-25)31(32)26-7-5-6-8-29(26)34-30/h5-10,13-18H,11-12H2,1-4H3. The molecule has 0 saturated heterocycles. The lowest BCUT2D eigenvalue weighted by Crippen LogP contribution is -2.01. The van der Waals surface area contributed by atoms with Gasteiger partial charge < -0.3 is 4.74 Å². The SMILES string of the molecule is Cc1ccc(C)c(CCc2cc(C)c(Oc3ccc4sc5ccccc5c(=O)c4c3)cc2C)c1. The first-order chi connectivity index (χ1) is 16.4. The topological polar surface area (TPSA) is 26.3 Å². The van der Waals surface area contributed by atoms with Gasteiger partial charge in [-0.25, -0.2) is 0 Å². The zero-order chi connectivity index (χ0) is 23.8. The monoisotopic (exact) mass is 464 g/mol. The first kappa shape index (κ1) is 22.4. The highest BCUT2D eigenvalue weighted by atomic mass is 32.1. The van der Waals surface area contributed by atoms with E-state index in [-0.39, 0.29) is 5.43 Å². The van der Waals surface area contributed by atoms with Gasteiger partial charge >= 0.3 is 0 Å². The van der Waals surface area contributed by atoms with Crippen molar-refractivity contribution in [3.05, 3.63) is 116 Å². The van der Waals surface area contributed by atoms with Gasteiger partial charge in [-0.2, -0.15) is 0 Å². The highest BCUT2D eigenvalue weighted by molar-refractivity contribution is 7.24. The number of hydrogen-bond donors (Lipinski definition) is 0. The molecule has 34 heavy (non-hydrogen) atoms. The third-order valence-electron chi connectivity index (χ3n) is 6.58. The number of aryl methyl sites for hydroxylation is 6. The second-order valence-corrected chi connectivity index (χ2v) is 10.2. The minimum absolute atomic E-state index is 0.0597. The normalized spacial score (nSPS) is 11.3. The maximum absolute atomic E-state index is 13.0. The average Bonchev–Trinajstić information content (AvgIpc) is 2.83. The van der Waals surface area contributed by atoms with E-state index in [4.69, 9.17) is 4.74 Å². The summed E-state index contributed by atoms with van der Waals surface area (Å²) in [5.74, 6) is 1.53. The average molecular weight is 465 g/mol. The minimum atomic E-state index is 0.0597. The van der Waals surface area contributed by atoms with Gasteiger partial charge in [-0.3, -0.25) is 4.79 Å². The van der Waals surface area contributed by atoms with Gasteiger partial charge in [0.05, 0.1) is 0 Å². The van der Waals surface area contributed by atoms with Crippen LogP contribution in [0.1, 0.15) is 33.4 Å². The van der Waals surface area contributed by atoms with Crippen molar-refractivity contribution in [2.45, 2.75) is 40.5 Å². The Labute approximate surface area is 204 Å². The molecule has 0 aliphatic heterocycles. The number of hydrogen-bond acceptors (Lipinski definition) is 3. The van der Waals surface area contributed by atoms with E-state index in [1.165, 1.54) is 27.8 Å². The molecule has 4 aromatic carbocycles. The Morgan fingerprint density at radius 3 is 2.24 bits per heavy atom. The number of rotatable bonds is 5. The lowest BCUT2D eigenvalue weighted by molar-refractivity contribution is 0.479. The second kappa shape index (κ2) is 9.08. The van der Waals surface area contributed by atoms with Crippen LogP contribution in [0, 0.1) is 27.7 Å². The van der Waals surface area contributed by atoms with Gasteiger partial charge in [0.1, 0.15) is 11.5 Å². The van der Waals surface area contributed by atoms with Crippen molar-refractivity contribution in [1.82, 2.24) is 0 Å². The fraction of sp³-hybridized carbons (Fsp3) is 0.194. The van der Waals surface area contributed by atoms with E-state index in [9.17, 15) is 4.79 Å². The van der Waals surface area contributed by atoms with Crippen LogP contribution in [-0.4, -0.2) is 0 Å². The van der Waals surface area contributed by atoms with Crippen molar-refractivity contribution in [2.75, 3.05) is 0 Å². The lowest BCUT2D eigenvalue weighted by Gasteiger charge is -2.14. The number of benzene rings is 4. The maximum Gasteiger partial charge on any atom is 0.196 e. The van der Waals surface area contributed by atoms with E-state index in [1.807, 2.05) is 42.5 Å². The van der Waals surface area contributed by atoms with Crippen LogP contribution in [0.4, 0.5) is 0 Å². The van der Waals surface area contributed by atoms with Crippen LogP contribution in [0.5, 0.6) is 11.5 Å². The van der Waals surface area contributed by atoms with Gasteiger partial charge in [0.2, 0.25) is 0 Å². The molecular weight excluding hydrogens is 436 g/mol. The maximum atomic E-state index is 13.0. The van der Waals surface area contributed by atoms with Gasteiger partial charge in [-0.1, -0.05) is 42.0 Å². The van der Waals surface area contributed by atoms with Crippen molar-refractivity contribution < 1.29 is 4.74 Å². The van der Waals surface area contributed by atoms with Crippen molar-refractivity contribution in [3.63, 3.8) is 0 Å². The largest absolute Gasteiger partial charge is 0.457 e. The number of fused-ring (bicyclic) bond motifs is 2. The van der Waals surface area contributed by atoms with E-state index >= 15 is 0 Å². The zero-order valence-electron chi connectivity index (χ0n) is 20.1. The lowest BCUT2D eigenvalue weighted by atomic mass is 9.95. The first-order valence-electron chi connectivity index (χ1n) is 11.7. The van der Waals surface area contributed by atoms with Crippen LogP contribution >= 0.6 is 11.3 Å². The van der Waals surface area contributed by atoms with Crippen LogP contribution in [-0.2, 0) is 12.8 Å². The molecule has 0 N–H and O–H groups in total. The molecule has 0 fully saturated rings. The summed E-state index contributed by atoms with van der Waals surface area (Å²) in [5.41, 5.74) is 7.81. The van der Waals surface area contributed by atoms with Crippen LogP contribution < -0.4 is 10.2 Å². The Morgan fingerprint density at radius 2 is 1.41 bits per heavy atom. The molecular formula is C31H28O2S. The molecule has 0 atom stereocenters. The second-order valence-electron chi connectivity index (χ2n) is 9.16. The van der Waals surface area contributed by atoms with E-state index in [1.54, 1.807) is 11.3 Å². The van der Waals surface area contributed by atoms with E-state index in [2.05, 4.69) is 58.0 Å². The van der Waals surface area contributed by atoms with Gasteiger partial charge in [0.25, 0.3) is 0 Å². The molecule has 0 saturated carbocycles. The molecule has 0 unspecified atom stereocenters. The molecule has 0 amide bonds. The molecule has 0 radical (unpaired) electrons. The summed E-state index contributed by atoms with van der Waals surface area (Å²) in [6, 6.07) is 24.6. The predicted molar refractivity (Wildman–Crippen MR) is 145 cm³/mol. The highest BCUT2D eigenvalue weighted by Crippen LogP contribution is 2.32. The molecule has 1 heterocycles. The van der Waals surface area contributed by atoms with Gasteiger partial charge in [0.15, 0.2) is 5.43 Å². The third kappa shape index (κ3) is 4.36. The Kier molecular flexibility index (Phi) is 5.97. The smallest absolute Gasteiger partial charge is 0.196 e. The van der Waals surface area contributed by atoms with E-state index in [0.29, 0.717) is 11.1 Å². The Balaban J connectivity index is 1.41. The van der Waals surface area contributed by atoms with Crippen LogP contribution in [0.15, 0.2) is 77.6 Å². The van der Waals surface area contributed by atoms with Crippen LogP contribution in [0.3, 0.4) is 0 Å². The summed E-state index contributed by atoms with van der Waals surface area (Å²) in [4.78, 5) is 13.0. The summed E-state index contributed by atoms with van der Waals surface area (Å²) in [6.45, 7) is 8.57. The fourth-order valence-corrected chi connectivity index (χ4v) is 5.59. The summed E-state index contributed by atoms with van der Waals surface area (Å²) in [6.07, 6.45) is 2.03. The summed E-state index contributed by atoms with van der Waals surface area (Å²) in [5, 5.41) is 1.47. The fourth-order valence-electron chi connectivity index (χ4n) is 4.54. The number of ether oxygens (including phenoxy) is 1. The van der Waals surface area contributed by atoms with Crippen molar-refractivity contribution >= 4 is 31.5 Å². The van der Waals surface area contributed by atoms with Crippen molar-refractivity contribution in [1.29, 1.82) is 0 Å². The van der Waals surface area contributed by atoms with E-state index in [0.717, 1.165) is 38.9 Å². The molecule has 0 aliphatic carbocycles. The van der Waals surface area contributed by atoms with Gasteiger partial charge in [-0.15, -0.1) is 11.3 Å². The molecule has 170 valence electrons. The Hall–Kier alpha value is -3.43. The Bertz CT molecular complexity index is 1590. The molecule has 5 rings (SSSR count). The summed E-state index contributed by atoms with van der Waals surface area (Å²) in [7, 11) is 0. The molecule has 3 heteroatoms. The Morgan fingerprint density at radius 1 is 0.676 bits per heavy atom. The molecule has 2 nitrogen and oxygen atoms in total. The van der Waals surface area contributed by atoms with E-state index < -0.39 is 0 Å². The summed E-state index contributed by atoms with van der Waals surface area (Å²) < 4.78 is 8.27. The molecule has 0 aliphatic rings. The molecule has 5 aromatic rings. The first-order valence-corrected chi connectivity index (χ1v) is 12.5. The quantitative estimate of drug-likeness (QED) is 0.245. The van der Waals surface area contributed by atoms with Crippen LogP contribution in [0.25, 0.3) is 20.2 Å². The van der Waals surface area contributed by atoms with Gasteiger partial charge in [-0.05, 0) is 105 Å². The van der Waals surface area contributed by atoms with Crippen molar-refractivity contribution in [2.24, 2.45) is 0 Å².